The van der Waals surface area contributed by atoms with Crippen LogP contribution in [0.3, 0.4) is 0 Å². The molecule has 0 unspecified atom stereocenters. The highest BCUT2D eigenvalue weighted by Gasteiger charge is 2.25. The van der Waals surface area contributed by atoms with Gasteiger partial charge in [0, 0.05) is 35.7 Å². The molecule has 7 heteroatoms. The Morgan fingerprint density at radius 2 is 2.17 bits per heavy atom. The number of hydrogen-bond acceptors (Lipinski definition) is 6. The Morgan fingerprint density at radius 3 is 2.96 bits per heavy atom. The first-order valence-electron chi connectivity index (χ1n) is 8.15. The average molecular weight is 332 g/mol. The van der Waals surface area contributed by atoms with Crippen molar-refractivity contribution >= 4 is 16.5 Å². The molecule has 2 aromatic rings. The number of nitrogens with one attached hydrogen (secondary N) is 1. The van der Waals surface area contributed by atoms with Crippen molar-refractivity contribution in [2.45, 2.75) is 50.8 Å². The van der Waals surface area contributed by atoms with Crippen LogP contribution in [0.4, 0.5) is 5.13 Å². The van der Waals surface area contributed by atoms with Gasteiger partial charge in [0.2, 0.25) is 0 Å². The number of rotatable bonds is 3. The van der Waals surface area contributed by atoms with Crippen LogP contribution >= 0.6 is 11.3 Å². The van der Waals surface area contributed by atoms with Crippen LogP contribution in [0.1, 0.15) is 43.0 Å². The molecule has 0 amide bonds. The highest BCUT2D eigenvalue weighted by Crippen LogP contribution is 2.29. The molecule has 1 saturated carbocycles. The van der Waals surface area contributed by atoms with Gasteiger partial charge in [0.1, 0.15) is 0 Å². The molecule has 0 bridgehead atoms. The smallest absolute Gasteiger partial charge is 0.267 e. The van der Waals surface area contributed by atoms with Crippen molar-refractivity contribution in [3.63, 3.8) is 0 Å². The molecule has 122 valence electrons. The van der Waals surface area contributed by atoms with Gasteiger partial charge in [-0.15, -0.1) is 11.3 Å². The molecule has 0 aromatic carbocycles. The lowest BCUT2D eigenvalue weighted by molar-refractivity contribution is 0.107. The summed E-state index contributed by atoms with van der Waals surface area (Å²) in [5.41, 5.74) is 1.99. The van der Waals surface area contributed by atoms with E-state index in [0.29, 0.717) is 19.3 Å². The largest absolute Gasteiger partial charge is 0.376 e. The van der Waals surface area contributed by atoms with E-state index in [-0.39, 0.29) is 11.6 Å². The Hall–Kier alpha value is -1.73. The molecule has 3 heterocycles. The van der Waals surface area contributed by atoms with Gasteiger partial charge in [0.05, 0.1) is 24.9 Å². The highest BCUT2D eigenvalue weighted by molar-refractivity contribution is 7.13. The van der Waals surface area contributed by atoms with Crippen molar-refractivity contribution in [3.8, 4) is 0 Å². The molecule has 1 aliphatic carbocycles. The fraction of sp³-hybridized carbons (Fsp3) is 0.562. The number of aromatic nitrogens is 3. The molecule has 1 N–H and O–H groups in total. The fourth-order valence-electron chi connectivity index (χ4n) is 3.42. The number of hydrogen-bond donors (Lipinski definition) is 1. The summed E-state index contributed by atoms with van der Waals surface area (Å²) in [5, 5.41) is 11.1. The van der Waals surface area contributed by atoms with Crippen LogP contribution < -0.4 is 10.9 Å². The highest BCUT2D eigenvalue weighted by atomic mass is 32.1. The van der Waals surface area contributed by atoms with Crippen molar-refractivity contribution < 1.29 is 4.74 Å². The van der Waals surface area contributed by atoms with Gasteiger partial charge in [-0.1, -0.05) is 0 Å². The van der Waals surface area contributed by atoms with Crippen molar-refractivity contribution in [1.82, 2.24) is 14.8 Å². The van der Waals surface area contributed by atoms with Gasteiger partial charge in [-0.2, -0.15) is 5.10 Å². The number of thiazole rings is 1. The minimum absolute atomic E-state index is 0.00517. The molecule has 6 nitrogen and oxygen atoms in total. The summed E-state index contributed by atoms with van der Waals surface area (Å²) in [6, 6.07) is 2.37. The molecule has 2 aromatic heterocycles. The number of ether oxygens (including phenoxy) is 1. The molecule has 1 fully saturated rings. The van der Waals surface area contributed by atoms with Gasteiger partial charge in [0.15, 0.2) is 5.13 Å². The second kappa shape index (κ2) is 6.41. The topological polar surface area (TPSA) is 69.0 Å². The fourth-order valence-corrected chi connectivity index (χ4v) is 4.03. The number of anilines is 1. The van der Waals surface area contributed by atoms with Crippen molar-refractivity contribution in [2.24, 2.45) is 0 Å². The Bertz CT molecular complexity index is 720. The second-order valence-corrected chi connectivity index (χ2v) is 7.08. The van der Waals surface area contributed by atoms with Gasteiger partial charge >= 0.3 is 0 Å². The van der Waals surface area contributed by atoms with E-state index in [1.54, 1.807) is 22.1 Å². The summed E-state index contributed by atoms with van der Waals surface area (Å²) >= 11 is 1.63. The zero-order valence-corrected chi connectivity index (χ0v) is 13.7. The first kappa shape index (κ1) is 14.8. The van der Waals surface area contributed by atoms with E-state index in [1.165, 1.54) is 0 Å². The maximum atomic E-state index is 12.3. The van der Waals surface area contributed by atoms with E-state index in [9.17, 15) is 4.79 Å². The lowest BCUT2D eigenvalue weighted by Crippen LogP contribution is -2.35. The number of nitrogens with zero attached hydrogens (tertiary/aromatic N) is 3. The summed E-state index contributed by atoms with van der Waals surface area (Å²) in [7, 11) is 0. The van der Waals surface area contributed by atoms with Crippen LogP contribution in [-0.2, 0) is 17.8 Å². The molecular weight excluding hydrogens is 312 g/mol. The number of fused-ring (bicyclic) bond motifs is 1. The monoisotopic (exact) mass is 332 g/mol. The van der Waals surface area contributed by atoms with Crippen molar-refractivity contribution in [1.29, 1.82) is 0 Å². The van der Waals surface area contributed by atoms with Gasteiger partial charge in [-0.3, -0.25) is 4.79 Å². The average Bonchev–Trinajstić information content (AvgIpc) is 3.08. The molecule has 23 heavy (non-hydrogen) atoms. The van der Waals surface area contributed by atoms with E-state index in [0.717, 1.165) is 48.5 Å². The van der Waals surface area contributed by atoms with Crippen molar-refractivity contribution in [3.05, 3.63) is 39.3 Å². The summed E-state index contributed by atoms with van der Waals surface area (Å²) in [6.45, 7) is 1.21. The maximum Gasteiger partial charge on any atom is 0.267 e. The van der Waals surface area contributed by atoms with Crippen LogP contribution in [0.25, 0.3) is 0 Å². The lowest BCUT2D eigenvalue weighted by atomic mass is 9.91. The molecule has 0 radical (unpaired) electrons. The SMILES string of the molecule is O=c1cc2c(nn1C1CCC(Nc3nccs3)CC1)CCOC2. The third kappa shape index (κ3) is 3.16. The predicted molar refractivity (Wildman–Crippen MR) is 88.9 cm³/mol. The molecule has 2 aliphatic rings. The molecular formula is C16H20N4O2S. The first-order valence-corrected chi connectivity index (χ1v) is 9.03. The predicted octanol–water partition coefficient (Wildman–Crippen LogP) is 2.37. The maximum absolute atomic E-state index is 12.3. The Labute approximate surface area is 138 Å². The third-order valence-corrected chi connectivity index (χ3v) is 5.37. The van der Waals surface area contributed by atoms with Gasteiger partial charge < -0.3 is 10.1 Å². The Morgan fingerprint density at radius 1 is 1.30 bits per heavy atom. The van der Waals surface area contributed by atoms with E-state index in [2.05, 4.69) is 15.4 Å². The lowest BCUT2D eigenvalue weighted by Gasteiger charge is -2.30. The van der Waals surface area contributed by atoms with E-state index in [4.69, 9.17) is 4.74 Å². The van der Waals surface area contributed by atoms with E-state index < -0.39 is 0 Å². The Kier molecular flexibility index (Phi) is 4.13. The summed E-state index contributed by atoms with van der Waals surface area (Å²) in [4.78, 5) is 16.6. The Balaban J connectivity index is 1.45. The molecule has 0 spiro atoms. The van der Waals surface area contributed by atoms with Crippen molar-refractivity contribution in [2.75, 3.05) is 11.9 Å². The van der Waals surface area contributed by atoms with Crippen LogP contribution in [-0.4, -0.2) is 27.4 Å². The van der Waals surface area contributed by atoms with E-state index >= 15 is 0 Å². The summed E-state index contributed by atoms with van der Waals surface area (Å²) < 4.78 is 7.11. The zero-order valence-electron chi connectivity index (χ0n) is 12.9. The summed E-state index contributed by atoms with van der Waals surface area (Å²) in [6.07, 6.45) is 6.66. The van der Waals surface area contributed by atoms with Gasteiger partial charge in [-0.25, -0.2) is 9.67 Å². The normalized spacial score (nSPS) is 24.2. The third-order valence-electron chi connectivity index (χ3n) is 4.67. The van der Waals surface area contributed by atoms with E-state index in [1.807, 2.05) is 11.6 Å². The second-order valence-electron chi connectivity index (χ2n) is 6.19. The van der Waals surface area contributed by atoms with Crippen LogP contribution in [0, 0.1) is 0 Å². The molecule has 4 rings (SSSR count). The van der Waals surface area contributed by atoms with Crippen LogP contribution in [0.2, 0.25) is 0 Å². The minimum atomic E-state index is 0.00517. The standard InChI is InChI=1S/C16H20N4O2S/c21-15-9-11-10-22-7-5-14(11)19-20(15)13-3-1-12(2-4-13)18-16-17-6-8-23-16/h6,8-9,12-13H,1-5,7,10H2,(H,17,18). The first-order chi connectivity index (χ1) is 11.3. The molecule has 0 atom stereocenters. The van der Waals surface area contributed by atoms with Gasteiger partial charge in [0.25, 0.3) is 5.56 Å². The minimum Gasteiger partial charge on any atom is -0.376 e. The van der Waals surface area contributed by atoms with Gasteiger partial charge in [-0.05, 0) is 25.7 Å². The molecule has 0 saturated heterocycles. The van der Waals surface area contributed by atoms with Crippen LogP contribution in [0.5, 0.6) is 0 Å². The zero-order chi connectivity index (χ0) is 15.6. The van der Waals surface area contributed by atoms with Crippen LogP contribution in [0.15, 0.2) is 22.4 Å². The molecule has 1 aliphatic heterocycles. The summed E-state index contributed by atoms with van der Waals surface area (Å²) in [5.74, 6) is 0. The quantitative estimate of drug-likeness (QED) is 0.934.